The van der Waals surface area contributed by atoms with E-state index in [1.54, 1.807) is 0 Å². The van der Waals surface area contributed by atoms with Gasteiger partial charge >= 0.3 is 0 Å². The number of carbonyl (C=O) groups excluding carboxylic acids is 2. The number of hydrogen-bond acceptors (Lipinski definition) is 15. The van der Waals surface area contributed by atoms with Gasteiger partial charge in [-0.05, 0) is 12.1 Å². The second-order valence-electron chi connectivity index (χ2n) is 8.35. The number of phenols is 11. The first-order valence-corrected chi connectivity index (χ1v) is 11.0. The Labute approximate surface area is 227 Å². The molecule has 4 aromatic carbocycles. The largest absolute Gasteiger partial charge is 0.508 e. The molecular weight excluding hydrogens is 552 g/mol. The monoisotopic (exact) mass is 570 g/mol. The van der Waals surface area contributed by atoms with E-state index in [9.17, 15) is 65.8 Å². The highest BCUT2D eigenvalue weighted by Crippen LogP contribution is 2.47. The van der Waals surface area contributed by atoms with E-state index in [0.717, 1.165) is 6.07 Å². The van der Waals surface area contributed by atoms with Crippen molar-refractivity contribution in [1.29, 1.82) is 0 Å². The number of rotatable bonds is 7. The molecule has 0 amide bonds. The molecule has 0 spiro atoms. The summed E-state index contributed by atoms with van der Waals surface area (Å²) in [7, 11) is 0. The highest BCUT2D eigenvalue weighted by Gasteiger charge is 2.30. The second kappa shape index (κ2) is 10.1. The zero-order chi connectivity index (χ0) is 30.3. The van der Waals surface area contributed by atoms with Crippen molar-refractivity contribution < 1.29 is 75.5 Å². The molecule has 212 valence electrons. The van der Waals surface area contributed by atoms with Crippen LogP contribution in [0, 0.1) is 0 Å². The van der Waals surface area contributed by atoms with Crippen LogP contribution < -0.4 is 9.78 Å². The van der Waals surface area contributed by atoms with Crippen molar-refractivity contribution in [3.05, 3.63) is 64.7 Å². The van der Waals surface area contributed by atoms with Crippen molar-refractivity contribution in [3.8, 4) is 74.7 Å². The van der Waals surface area contributed by atoms with Gasteiger partial charge < -0.3 is 56.2 Å². The molecule has 41 heavy (non-hydrogen) atoms. The van der Waals surface area contributed by atoms with Gasteiger partial charge in [0.2, 0.25) is 11.6 Å². The summed E-state index contributed by atoms with van der Waals surface area (Å²) in [5.41, 5.74) is -3.24. The first-order valence-electron chi connectivity index (χ1n) is 11.0. The van der Waals surface area contributed by atoms with Crippen molar-refractivity contribution >= 4 is 11.6 Å². The number of hydrogen-bond donors (Lipinski definition) is 11. The summed E-state index contributed by atoms with van der Waals surface area (Å²) < 4.78 is 0. The Morgan fingerprint density at radius 1 is 0.439 bits per heavy atom. The lowest BCUT2D eigenvalue weighted by Crippen LogP contribution is -2.10. The van der Waals surface area contributed by atoms with Crippen LogP contribution in [0.2, 0.25) is 0 Å². The topological polar surface area (TPSA) is 275 Å². The van der Waals surface area contributed by atoms with Crippen LogP contribution in [-0.4, -0.2) is 67.7 Å². The maximum atomic E-state index is 13.1. The summed E-state index contributed by atoms with van der Waals surface area (Å²) in [6, 6.07) is 4.62. The number of phenolic OH excluding ortho intramolecular Hbond substituents is 11. The lowest BCUT2D eigenvalue weighted by molar-refractivity contribution is -0.104. The Bertz CT molecular complexity index is 1740. The smallest absolute Gasteiger partial charge is 0.262 e. The van der Waals surface area contributed by atoms with E-state index in [0.29, 0.717) is 36.4 Å². The van der Waals surface area contributed by atoms with Gasteiger partial charge in [0.1, 0.15) is 39.9 Å². The molecule has 15 heteroatoms. The van der Waals surface area contributed by atoms with Crippen LogP contribution in [0.15, 0.2) is 42.5 Å². The maximum absolute atomic E-state index is 13.1. The molecule has 0 aromatic heterocycles. The number of benzene rings is 4. The van der Waals surface area contributed by atoms with Gasteiger partial charge in [0.15, 0.2) is 40.2 Å². The summed E-state index contributed by atoms with van der Waals surface area (Å²) in [6.07, 6.45) is 0. The van der Waals surface area contributed by atoms with Crippen molar-refractivity contribution in [2.75, 3.05) is 0 Å². The standard InChI is InChI=1S/C26H18O15/c27-8-1-11(22(36)17(34)3-8)24(38)21-16(33)7-18(35)26(25(21)39)41-40-19-4-9(28)2-15(32)20(19)23(37)10-5-13(30)14(31)6-12(10)29/h1-7,27-36,39H. The van der Waals surface area contributed by atoms with Gasteiger partial charge in [-0.25, -0.2) is 0 Å². The van der Waals surface area contributed by atoms with Crippen molar-refractivity contribution in [3.63, 3.8) is 0 Å². The minimum Gasteiger partial charge on any atom is -0.508 e. The fourth-order valence-corrected chi connectivity index (χ4v) is 3.69. The Morgan fingerprint density at radius 3 is 1.66 bits per heavy atom. The lowest BCUT2D eigenvalue weighted by atomic mass is 9.99. The molecule has 0 saturated carbocycles. The molecule has 0 heterocycles. The van der Waals surface area contributed by atoms with Gasteiger partial charge in [0.25, 0.3) is 5.75 Å². The molecule has 0 saturated heterocycles. The molecule has 0 radical (unpaired) electrons. The van der Waals surface area contributed by atoms with E-state index in [2.05, 4.69) is 0 Å². The van der Waals surface area contributed by atoms with Gasteiger partial charge in [-0.15, -0.1) is 0 Å². The molecule has 0 aliphatic carbocycles. The quantitative estimate of drug-likeness (QED) is 0.0500. The third-order valence-electron chi connectivity index (χ3n) is 5.61. The molecule has 11 N–H and O–H groups in total. The van der Waals surface area contributed by atoms with Gasteiger partial charge in [-0.3, -0.25) is 19.4 Å². The first-order chi connectivity index (χ1) is 19.2. The third-order valence-corrected chi connectivity index (χ3v) is 5.61. The maximum Gasteiger partial charge on any atom is 0.262 e. The fourth-order valence-electron chi connectivity index (χ4n) is 3.69. The van der Waals surface area contributed by atoms with E-state index < -0.39 is 109 Å². The zero-order valence-electron chi connectivity index (χ0n) is 20.1. The third kappa shape index (κ3) is 4.92. The molecule has 0 unspecified atom stereocenters. The zero-order valence-corrected chi connectivity index (χ0v) is 20.1. The van der Waals surface area contributed by atoms with Crippen molar-refractivity contribution in [2.45, 2.75) is 0 Å². The minimum absolute atomic E-state index is 0.509. The molecule has 0 aliphatic heterocycles. The molecule has 4 aromatic rings. The highest BCUT2D eigenvalue weighted by atomic mass is 17.2. The van der Waals surface area contributed by atoms with Crippen LogP contribution in [0.5, 0.6) is 74.7 Å². The molecule has 0 atom stereocenters. The summed E-state index contributed by atoms with van der Waals surface area (Å²) in [4.78, 5) is 35.9. The van der Waals surface area contributed by atoms with E-state index in [1.807, 2.05) is 0 Å². The molecule has 4 rings (SSSR count). The fraction of sp³-hybridized carbons (Fsp3) is 0. The first kappa shape index (κ1) is 27.6. The van der Waals surface area contributed by atoms with Crippen molar-refractivity contribution in [1.82, 2.24) is 0 Å². The van der Waals surface area contributed by atoms with Crippen LogP contribution in [0.3, 0.4) is 0 Å². The van der Waals surface area contributed by atoms with E-state index >= 15 is 0 Å². The van der Waals surface area contributed by atoms with Gasteiger partial charge in [0, 0.05) is 30.3 Å². The van der Waals surface area contributed by atoms with E-state index in [1.165, 1.54) is 0 Å². The van der Waals surface area contributed by atoms with Crippen LogP contribution in [0.25, 0.3) is 0 Å². The van der Waals surface area contributed by atoms with Crippen LogP contribution >= 0.6 is 0 Å². The van der Waals surface area contributed by atoms with Crippen LogP contribution in [0.1, 0.15) is 31.8 Å². The molecule has 15 nitrogen and oxygen atoms in total. The summed E-state index contributed by atoms with van der Waals surface area (Å²) in [5.74, 6) is -14.5. The second-order valence-corrected chi connectivity index (χ2v) is 8.35. The number of ketones is 2. The Morgan fingerprint density at radius 2 is 0.976 bits per heavy atom. The van der Waals surface area contributed by atoms with Crippen LogP contribution in [0.4, 0.5) is 0 Å². The normalized spacial score (nSPS) is 10.7. The summed E-state index contributed by atoms with van der Waals surface area (Å²) in [6.45, 7) is 0. The molecule has 0 bridgehead atoms. The molecule has 0 fully saturated rings. The van der Waals surface area contributed by atoms with Gasteiger partial charge in [0.05, 0.1) is 11.1 Å². The van der Waals surface area contributed by atoms with Crippen molar-refractivity contribution in [2.24, 2.45) is 0 Å². The van der Waals surface area contributed by atoms with Gasteiger partial charge in [-0.1, -0.05) is 0 Å². The summed E-state index contributed by atoms with van der Waals surface area (Å²) >= 11 is 0. The van der Waals surface area contributed by atoms with E-state index in [4.69, 9.17) is 9.78 Å². The molecule has 0 aliphatic rings. The Balaban J connectivity index is 1.76. The van der Waals surface area contributed by atoms with Crippen LogP contribution in [-0.2, 0) is 0 Å². The highest BCUT2D eigenvalue weighted by molar-refractivity contribution is 6.15. The predicted octanol–water partition coefficient (Wildman–Crippen LogP) is 2.28. The minimum atomic E-state index is -1.37. The lowest BCUT2D eigenvalue weighted by Gasteiger charge is -2.16. The predicted molar refractivity (Wildman–Crippen MR) is 132 cm³/mol. The Kier molecular flexibility index (Phi) is 6.79. The van der Waals surface area contributed by atoms with Gasteiger partial charge in [-0.2, -0.15) is 0 Å². The Hall–Kier alpha value is -6.38. The average Bonchev–Trinajstić information content (AvgIpc) is 2.87. The summed E-state index contributed by atoms with van der Waals surface area (Å²) in [5, 5.41) is 110. The number of carbonyl (C=O) groups is 2. The number of aromatic hydroxyl groups is 11. The van der Waals surface area contributed by atoms with E-state index in [-0.39, 0.29) is 0 Å². The molecular formula is C26H18O15. The average molecular weight is 570 g/mol. The SMILES string of the molecule is O=C(c1cc(O)c(O)cc1O)c1c(O)cc(O)cc1OOc1c(O)cc(O)c(C(=O)c2cc(O)cc(O)c2O)c1O.